The van der Waals surface area contributed by atoms with Gasteiger partial charge in [-0.25, -0.2) is 0 Å². The zero-order chi connectivity index (χ0) is 9.68. The van der Waals surface area contributed by atoms with Crippen LogP contribution in [0.25, 0.3) is 0 Å². The van der Waals surface area contributed by atoms with E-state index >= 15 is 0 Å². The summed E-state index contributed by atoms with van der Waals surface area (Å²) in [7, 11) is 0. The van der Waals surface area contributed by atoms with E-state index in [4.69, 9.17) is 0 Å². The number of hydrogen-bond acceptors (Lipinski definition) is 2. The van der Waals surface area contributed by atoms with E-state index in [9.17, 15) is 9.00 Å². The van der Waals surface area contributed by atoms with Crippen molar-refractivity contribution in [2.75, 3.05) is 0 Å². The van der Waals surface area contributed by atoms with E-state index in [1.165, 1.54) is 6.08 Å². The van der Waals surface area contributed by atoms with Gasteiger partial charge < -0.3 is 5.32 Å². The molecular formula is C9H14NO2S+. The number of nitrogens with one attached hydrogen (secondary N) is 1. The molecule has 0 radical (unpaired) electrons. The van der Waals surface area contributed by atoms with Crippen LogP contribution in [0.3, 0.4) is 0 Å². The predicted molar refractivity (Wildman–Crippen MR) is 52.4 cm³/mol. The molecule has 1 N–H and O–H groups in total. The summed E-state index contributed by atoms with van der Waals surface area (Å²) in [5.74, 6) is -0.113. The lowest BCUT2D eigenvalue weighted by Crippen LogP contribution is -2.37. The van der Waals surface area contributed by atoms with Crippen molar-refractivity contribution in [1.82, 2.24) is 5.32 Å². The minimum atomic E-state index is -0.113. The van der Waals surface area contributed by atoms with Gasteiger partial charge in [-0.3, -0.25) is 4.79 Å². The molecule has 72 valence electrons. The Hall–Kier alpha value is -0.770. The molecule has 3 nitrogen and oxygen atoms in total. The highest BCUT2D eigenvalue weighted by Crippen LogP contribution is 2.19. The van der Waals surface area contributed by atoms with Crippen molar-refractivity contribution in [1.29, 1.82) is 0 Å². The van der Waals surface area contributed by atoms with E-state index in [2.05, 4.69) is 11.9 Å². The first-order valence-electron chi connectivity index (χ1n) is 4.48. The van der Waals surface area contributed by atoms with Crippen LogP contribution in [0.1, 0.15) is 25.7 Å². The second-order valence-corrected chi connectivity index (χ2v) is 4.14. The van der Waals surface area contributed by atoms with E-state index in [1.54, 1.807) is 0 Å². The van der Waals surface area contributed by atoms with Gasteiger partial charge in [0.05, 0.1) is 0 Å². The normalized spacial score (nSPS) is 27.7. The lowest BCUT2D eigenvalue weighted by molar-refractivity contribution is -0.117. The van der Waals surface area contributed by atoms with Crippen LogP contribution >= 0.6 is 0 Å². The maximum absolute atomic E-state index is 10.9. The molecule has 1 rings (SSSR count). The molecule has 1 saturated carbocycles. The van der Waals surface area contributed by atoms with E-state index in [1.807, 2.05) is 0 Å². The maximum Gasteiger partial charge on any atom is 0.462 e. The fraction of sp³-hybridized carbons (Fsp3) is 0.667. The lowest BCUT2D eigenvalue weighted by atomic mass is 9.95. The lowest BCUT2D eigenvalue weighted by Gasteiger charge is -2.21. The summed E-state index contributed by atoms with van der Waals surface area (Å²) in [5, 5.41) is 3.09. The Kier molecular flexibility index (Phi) is 4.02. The van der Waals surface area contributed by atoms with Gasteiger partial charge in [-0.2, -0.15) is 0 Å². The highest BCUT2D eigenvalue weighted by atomic mass is 32.1. The molecule has 1 fully saturated rings. The molecule has 0 bridgehead atoms. The Balaban J connectivity index is 2.28. The summed E-state index contributed by atoms with van der Waals surface area (Å²) in [6.45, 7) is 3.39. The highest BCUT2D eigenvalue weighted by molar-refractivity contribution is 7.66. The molecule has 4 heteroatoms. The van der Waals surface area contributed by atoms with Crippen molar-refractivity contribution in [2.45, 2.75) is 37.0 Å². The molecule has 0 aromatic rings. The van der Waals surface area contributed by atoms with Crippen LogP contribution in [0.5, 0.6) is 0 Å². The van der Waals surface area contributed by atoms with Gasteiger partial charge in [0.25, 0.3) is 0 Å². The summed E-state index contributed by atoms with van der Waals surface area (Å²) < 4.78 is 10.5. The molecule has 0 spiro atoms. The number of hydrogen-bond donors (Lipinski definition) is 1. The first-order valence-corrected chi connectivity index (χ1v) is 5.28. The van der Waals surface area contributed by atoms with E-state index in [-0.39, 0.29) is 17.2 Å². The molecule has 1 aliphatic rings. The molecule has 0 aliphatic heterocycles. The molecule has 0 aromatic carbocycles. The zero-order valence-electron chi connectivity index (χ0n) is 7.49. The van der Waals surface area contributed by atoms with Crippen molar-refractivity contribution >= 4 is 17.6 Å². The highest BCUT2D eigenvalue weighted by Gasteiger charge is 2.29. The summed E-state index contributed by atoms with van der Waals surface area (Å²) >= 11 is 0.690. The van der Waals surface area contributed by atoms with Crippen molar-refractivity contribution in [3.05, 3.63) is 12.7 Å². The number of rotatable bonds is 3. The Labute approximate surface area is 82.1 Å². The van der Waals surface area contributed by atoms with Crippen LogP contribution in [-0.4, -0.2) is 17.2 Å². The third-order valence-corrected chi connectivity index (χ3v) is 3.09. The fourth-order valence-corrected chi connectivity index (χ4v) is 2.03. The maximum atomic E-state index is 10.9. The second kappa shape index (κ2) is 5.07. The summed E-state index contributed by atoms with van der Waals surface area (Å²) in [5.41, 5.74) is 0. The number of amides is 1. The minimum absolute atomic E-state index is 0.113. The van der Waals surface area contributed by atoms with Crippen LogP contribution in [0.4, 0.5) is 0 Å². The minimum Gasteiger partial charge on any atom is -0.350 e. The van der Waals surface area contributed by atoms with Crippen molar-refractivity contribution in [2.24, 2.45) is 0 Å². The average molecular weight is 200 g/mol. The number of carbonyl (C=O) groups excluding carboxylic acids is 1. The first kappa shape index (κ1) is 10.3. The van der Waals surface area contributed by atoms with E-state index < -0.39 is 0 Å². The van der Waals surface area contributed by atoms with Crippen LogP contribution in [0.2, 0.25) is 0 Å². The van der Waals surface area contributed by atoms with Gasteiger partial charge in [-0.15, -0.1) is 0 Å². The van der Waals surface area contributed by atoms with Gasteiger partial charge in [0, 0.05) is 23.1 Å². The predicted octanol–water partition coefficient (Wildman–Crippen LogP) is 1.03. The quantitative estimate of drug-likeness (QED) is 0.546. The van der Waals surface area contributed by atoms with Gasteiger partial charge in [-0.05, 0) is 18.9 Å². The molecule has 0 aromatic heterocycles. The summed E-state index contributed by atoms with van der Waals surface area (Å²) in [4.78, 5) is 10.9. The van der Waals surface area contributed by atoms with Crippen molar-refractivity contribution in [3.63, 3.8) is 0 Å². The topological polar surface area (TPSA) is 46.2 Å². The van der Waals surface area contributed by atoms with E-state index in [0.29, 0.717) is 11.7 Å². The van der Waals surface area contributed by atoms with E-state index in [0.717, 1.165) is 25.7 Å². The summed E-state index contributed by atoms with van der Waals surface area (Å²) in [6.07, 6.45) is 4.94. The van der Waals surface area contributed by atoms with Crippen molar-refractivity contribution < 1.29 is 9.00 Å². The number of carbonyl (C=O) groups is 1. The molecule has 0 unspecified atom stereocenters. The van der Waals surface area contributed by atoms with Crippen LogP contribution < -0.4 is 5.32 Å². The Bertz CT molecular complexity index is 210. The molecule has 1 aliphatic carbocycles. The van der Waals surface area contributed by atoms with Crippen LogP contribution in [0.15, 0.2) is 12.7 Å². The molecule has 0 saturated heterocycles. The second-order valence-electron chi connectivity index (χ2n) is 3.28. The van der Waals surface area contributed by atoms with Gasteiger partial charge >= 0.3 is 11.7 Å². The standard InChI is InChI=1S/C9H13NO2S/c1-2-9(11)10-7-3-5-8(13-12)6-4-7/h2,7-8H,1,3-6H2/p+1. The largest absolute Gasteiger partial charge is 0.462 e. The molecule has 1 amide bonds. The third-order valence-electron chi connectivity index (χ3n) is 2.34. The monoisotopic (exact) mass is 200 g/mol. The smallest absolute Gasteiger partial charge is 0.350 e. The molecule has 13 heavy (non-hydrogen) atoms. The Morgan fingerprint density at radius 1 is 1.38 bits per heavy atom. The third kappa shape index (κ3) is 3.22. The van der Waals surface area contributed by atoms with Crippen molar-refractivity contribution in [3.8, 4) is 0 Å². The van der Waals surface area contributed by atoms with Gasteiger partial charge in [0.2, 0.25) is 11.2 Å². The van der Waals surface area contributed by atoms with Crippen LogP contribution in [0, 0.1) is 0 Å². The zero-order valence-corrected chi connectivity index (χ0v) is 8.31. The Morgan fingerprint density at radius 3 is 2.46 bits per heavy atom. The van der Waals surface area contributed by atoms with Gasteiger partial charge in [0.1, 0.15) is 0 Å². The van der Waals surface area contributed by atoms with Gasteiger partial charge in [0.15, 0.2) is 0 Å². The average Bonchev–Trinajstić information content (AvgIpc) is 2.19. The SMILES string of the molecule is C=CC(=O)NC1CCC([S+]=O)CC1. The summed E-state index contributed by atoms with van der Waals surface area (Å²) in [6, 6.07) is 0.244. The molecule has 0 atom stereocenters. The van der Waals surface area contributed by atoms with Gasteiger partial charge in [-0.1, -0.05) is 6.58 Å². The molecular weight excluding hydrogens is 186 g/mol. The molecule has 0 heterocycles. The van der Waals surface area contributed by atoms with Crippen LogP contribution in [-0.2, 0) is 20.7 Å². The fourth-order valence-electron chi connectivity index (χ4n) is 1.56. The Morgan fingerprint density at radius 2 is 2.00 bits per heavy atom. The first-order chi connectivity index (χ1) is 6.26.